The first-order valence-corrected chi connectivity index (χ1v) is 20.3. The van der Waals surface area contributed by atoms with Gasteiger partial charge >= 0.3 is 12.2 Å². The molecular formula is C43H62F2N8O8S2. The van der Waals surface area contributed by atoms with E-state index in [0.717, 1.165) is 31.8 Å². The van der Waals surface area contributed by atoms with E-state index in [2.05, 4.69) is 32.2 Å². The van der Waals surface area contributed by atoms with Gasteiger partial charge in [0, 0.05) is 77.0 Å². The van der Waals surface area contributed by atoms with Crippen molar-refractivity contribution in [3.8, 4) is 0 Å². The van der Waals surface area contributed by atoms with Crippen LogP contribution in [0.5, 0.6) is 0 Å². The first-order valence-electron chi connectivity index (χ1n) is 20.3. The van der Waals surface area contributed by atoms with E-state index in [-0.39, 0.29) is 86.1 Å². The van der Waals surface area contributed by atoms with E-state index in [9.17, 15) is 37.5 Å². The lowest BCUT2D eigenvalue weighted by Gasteiger charge is -2.40. The summed E-state index contributed by atoms with van der Waals surface area (Å²) in [6.45, 7) is 20.1. The first-order chi connectivity index (χ1) is 28.5. The highest BCUT2D eigenvalue weighted by molar-refractivity contribution is 7.59. The van der Waals surface area contributed by atoms with Crippen LogP contribution in [-0.4, -0.2) is 121 Å². The standard InChI is InChI=1S/C21H27FN4O4.C12H11FN2O2.C10H20N2O2.2H2S/c1-13-12-25(20(29)30-21(2,3)4)9-10-26(13)18(27)8-7-17-23-16-6-5-14(22)11-15(16)19(28)24-17;1-7(16)2-5-11-14-10-4-3-8(13)6-9(10)12(17)15-11;1-8-7-12(6-5-11-8)9(13)14-10(2,3)4;;/h5-6,11,13H,7-10,12H2,1-4H3,(H,23,24,28);3-4,6H,2,5H2,1H3,(H,14,15,17);8,11H,5-7H2,1-4H3;2*1H2/t13-;;8-;;/m0.0../s1. The number of benzene rings is 2. The molecule has 4 aromatic rings. The smallest absolute Gasteiger partial charge is 0.410 e. The van der Waals surface area contributed by atoms with E-state index >= 15 is 0 Å². The molecule has 63 heavy (non-hydrogen) atoms. The predicted octanol–water partition coefficient (Wildman–Crippen LogP) is 5.49. The van der Waals surface area contributed by atoms with Crippen LogP contribution in [0.15, 0.2) is 46.0 Å². The summed E-state index contributed by atoms with van der Waals surface area (Å²) in [6.07, 6.45) is 0.571. The van der Waals surface area contributed by atoms with Gasteiger partial charge in [0.1, 0.15) is 40.3 Å². The lowest BCUT2D eigenvalue weighted by molar-refractivity contribution is -0.135. The molecule has 2 aliphatic rings. The van der Waals surface area contributed by atoms with Gasteiger partial charge in [0.2, 0.25) is 5.91 Å². The van der Waals surface area contributed by atoms with Crippen molar-refractivity contribution < 1.29 is 37.4 Å². The molecular weight excluding hydrogens is 859 g/mol. The molecule has 0 bridgehead atoms. The molecule has 0 radical (unpaired) electrons. The molecule has 3 amide bonds. The quantitative estimate of drug-likeness (QED) is 0.221. The number of halogens is 2. The Morgan fingerprint density at radius 2 is 1.17 bits per heavy atom. The molecule has 0 unspecified atom stereocenters. The van der Waals surface area contributed by atoms with Gasteiger partial charge in [0.25, 0.3) is 11.1 Å². The minimum Gasteiger partial charge on any atom is -0.444 e. The van der Waals surface area contributed by atoms with Crippen molar-refractivity contribution in [3.63, 3.8) is 0 Å². The van der Waals surface area contributed by atoms with E-state index in [4.69, 9.17) is 9.47 Å². The minimum absolute atomic E-state index is 0. The number of Topliss-reactive ketones (excluding diaryl/α,β-unsaturated/α-hetero) is 1. The Kier molecular flexibility index (Phi) is 20.2. The number of aromatic amines is 2. The summed E-state index contributed by atoms with van der Waals surface area (Å²) < 4.78 is 36.9. The molecule has 2 fully saturated rings. The van der Waals surface area contributed by atoms with Gasteiger partial charge in [-0.15, -0.1) is 0 Å². The zero-order chi connectivity index (χ0) is 45.2. The Balaban J connectivity index is 0.000000351. The van der Waals surface area contributed by atoms with Crippen molar-refractivity contribution in [3.05, 3.63) is 80.4 Å². The van der Waals surface area contributed by atoms with Gasteiger partial charge in [-0.25, -0.2) is 28.3 Å². The first kappa shape index (κ1) is 54.1. The molecule has 2 aliphatic heterocycles. The number of ether oxygens (including phenoxy) is 2. The third-order valence-electron chi connectivity index (χ3n) is 9.34. The molecule has 2 saturated heterocycles. The number of nitrogens with zero attached hydrogens (tertiary/aromatic N) is 5. The lowest BCUT2D eigenvalue weighted by Crippen LogP contribution is -2.56. The average molecular weight is 921 g/mol. The molecule has 16 nitrogen and oxygen atoms in total. The van der Waals surface area contributed by atoms with Gasteiger partial charge < -0.3 is 44.3 Å². The van der Waals surface area contributed by atoms with Crippen molar-refractivity contribution in [1.29, 1.82) is 0 Å². The molecule has 6 rings (SSSR count). The van der Waals surface area contributed by atoms with Crippen molar-refractivity contribution >= 4 is 72.7 Å². The maximum absolute atomic E-state index is 13.3. The van der Waals surface area contributed by atoms with E-state index in [1.54, 1.807) is 14.7 Å². The second kappa shape index (κ2) is 23.6. The molecule has 2 aromatic carbocycles. The lowest BCUT2D eigenvalue weighted by atomic mass is 10.1. The average Bonchev–Trinajstić information content (AvgIpc) is 3.16. The van der Waals surface area contributed by atoms with E-state index in [1.807, 2.05) is 48.5 Å². The van der Waals surface area contributed by atoms with Gasteiger partial charge in [0.15, 0.2) is 0 Å². The molecule has 0 saturated carbocycles. The molecule has 348 valence electrons. The van der Waals surface area contributed by atoms with Gasteiger partial charge in [-0.05, 0) is 98.7 Å². The van der Waals surface area contributed by atoms with Gasteiger partial charge in [-0.1, -0.05) is 0 Å². The third kappa shape index (κ3) is 17.2. The number of nitrogens with one attached hydrogen (secondary N) is 3. The second-order valence-electron chi connectivity index (χ2n) is 17.2. The van der Waals surface area contributed by atoms with Gasteiger partial charge in [0.05, 0.1) is 21.8 Å². The molecule has 3 N–H and O–H groups in total. The number of fused-ring (bicyclic) bond motifs is 2. The normalized spacial score (nSPS) is 16.3. The number of aryl methyl sites for hydroxylation is 2. The van der Waals surface area contributed by atoms with E-state index < -0.39 is 28.4 Å². The number of rotatable bonds is 6. The number of carbonyl (C=O) groups is 4. The van der Waals surface area contributed by atoms with Crippen LogP contribution in [0.25, 0.3) is 21.8 Å². The van der Waals surface area contributed by atoms with E-state index in [1.165, 1.54) is 31.2 Å². The molecule has 20 heteroatoms. The molecule has 2 aromatic heterocycles. The molecule has 4 heterocycles. The second-order valence-corrected chi connectivity index (χ2v) is 17.2. The SMILES string of the molecule is CC(=O)CCc1nc2ccc(F)cc2c(=O)[nH]1.C[C@H]1CN(C(=O)OC(C)(C)C)CCN1.C[C@H]1CN(C(=O)OC(C)(C)C)CCN1C(=O)CCc1nc2ccc(F)cc2c(=O)[nH]1.S.S. The molecule has 2 atom stereocenters. The monoisotopic (exact) mass is 920 g/mol. The van der Waals surface area contributed by atoms with Crippen molar-refractivity contribution in [1.82, 2.24) is 40.0 Å². The predicted molar refractivity (Wildman–Crippen MR) is 247 cm³/mol. The number of carbonyl (C=O) groups excluding carboxylic acids is 4. The highest BCUT2D eigenvalue weighted by Gasteiger charge is 2.32. The number of amides is 3. The van der Waals surface area contributed by atoms with Crippen LogP contribution >= 0.6 is 27.0 Å². The fourth-order valence-corrected chi connectivity index (χ4v) is 6.46. The van der Waals surface area contributed by atoms with Gasteiger partial charge in [-0.3, -0.25) is 14.4 Å². The zero-order valence-electron chi connectivity index (χ0n) is 37.4. The van der Waals surface area contributed by atoms with Gasteiger partial charge in [-0.2, -0.15) is 27.0 Å². The van der Waals surface area contributed by atoms with Crippen molar-refractivity contribution in [2.45, 2.75) is 111 Å². The van der Waals surface area contributed by atoms with Crippen LogP contribution in [0.2, 0.25) is 0 Å². The maximum Gasteiger partial charge on any atom is 0.410 e. The summed E-state index contributed by atoms with van der Waals surface area (Å²) in [5.41, 5.74) is -0.946. The number of ketones is 1. The highest BCUT2D eigenvalue weighted by Crippen LogP contribution is 2.17. The van der Waals surface area contributed by atoms with Crippen LogP contribution in [0.3, 0.4) is 0 Å². The summed E-state index contributed by atoms with van der Waals surface area (Å²) in [6, 6.07) is 7.90. The fraction of sp³-hybridized carbons (Fsp3) is 0.535. The topological polar surface area (TPSA) is 200 Å². The number of piperazine rings is 2. The van der Waals surface area contributed by atoms with Crippen LogP contribution in [0.1, 0.15) is 86.8 Å². The summed E-state index contributed by atoms with van der Waals surface area (Å²) in [5.74, 6) is -0.185. The van der Waals surface area contributed by atoms with Crippen molar-refractivity contribution in [2.75, 3.05) is 39.3 Å². The Morgan fingerprint density at radius 1 is 0.714 bits per heavy atom. The van der Waals surface area contributed by atoms with Crippen LogP contribution in [0.4, 0.5) is 18.4 Å². The van der Waals surface area contributed by atoms with Crippen LogP contribution in [0, 0.1) is 11.6 Å². The summed E-state index contributed by atoms with van der Waals surface area (Å²) in [5, 5.41) is 3.68. The molecule has 0 spiro atoms. The zero-order valence-corrected chi connectivity index (χ0v) is 39.4. The summed E-state index contributed by atoms with van der Waals surface area (Å²) in [4.78, 5) is 90.0. The maximum atomic E-state index is 13.3. The Labute approximate surface area is 379 Å². The highest BCUT2D eigenvalue weighted by atomic mass is 32.1. The largest absolute Gasteiger partial charge is 0.444 e. The Hall–Kier alpha value is -5.08. The Morgan fingerprint density at radius 3 is 1.60 bits per heavy atom. The fourth-order valence-electron chi connectivity index (χ4n) is 6.46. The summed E-state index contributed by atoms with van der Waals surface area (Å²) in [7, 11) is 0. The number of aromatic nitrogens is 4. The summed E-state index contributed by atoms with van der Waals surface area (Å²) >= 11 is 0. The van der Waals surface area contributed by atoms with Crippen molar-refractivity contribution in [2.24, 2.45) is 0 Å². The number of hydrogen-bond acceptors (Lipinski definition) is 11. The van der Waals surface area contributed by atoms with Crippen LogP contribution in [-0.2, 0) is 31.9 Å². The number of H-pyrrole nitrogens is 2. The van der Waals surface area contributed by atoms with Crippen LogP contribution < -0.4 is 16.4 Å². The Bertz CT molecular complexity index is 2330. The minimum atomic E-state index is -0.567. The van der Waals surface area contributed by atoms with E-state index in [0.29, 0.717) is 61.2 Å². The molecule has 0 aliphatic carbocycles. The number of hydrogen-bond donors (Lipinski definition) is 3. The third-order valence-corrected chi connectivity index (χ3v) is 9.34.